The number of fused-ring (bicyclic) bond motifs is 1. The average Bonchev–Trinajstić information content (AvgIpc) is 2.57. The highest BCUT2D eigenvalue weighted by Crippen LogP contribution is 2.62. The van der Waals surface area contributed by atoms with Crippen LogP contribution in [0.2, 0.25) is 0 Å². The van der Waals surface area contributed by atoms with E-state index in [9.17, 15) is 14.0 Å². The Hall–Kier alpha value is -0.260. The van der Waals surface area contributed by atoms with Crippen molar-refractivity contribution in [3.63, 3.8) is 0 Å². The summed E-state index contributed by atoms with van der Waals surface area (Å²) in [5, 5.41) is 0. The van der Waals surface area contributed by atoms with Crippen molar-refractivity contribution in [2.24, 2.45) is 22.7 Å². The van der Waals surface area contributed by atoms with Crippen molar-refractivity contribution < 1.29 is 32.6 Å². The first-order chi connectivity index (χ1) is 13.2. The van der Waals surface area contributed by atoms with E-state index in [4.69, 9.17) is 9.79 Å². The molecule has 0 heterocycles. The molecule has 0 spiro atoms. The van der Waals surface area contributed by atoms with Crippen molar-refractivity contribution >= 4 is 15.6 Å². The topological polar surface area (TPSA) is 113 Å². The molecule has 168 valence electrons. The molecule has 7 nitrogen and oxygen atoms in total. The lowest BCUT2D eigenvalue weighted by atomic mass is 9.47. The minimum atomic E-state index is -5.09. The number of hydrogen-bond donors (Lipinski definition) is 3. The minimum Gasteiger partial charge on any atom is -0.302 e. The van der Waals surface area contributed by atoms with Crippen molar-refractivity contribution in [2.75, 3.05) is 6.61 Å². The Balaban J connectivity index is 2.00. The van der Waals surface area contributed by atoms with Gasteiger partial charge in [-0.2, -0.15) is 4.31 Å². The molecule has 1 unspecified atom stereocenters. The van der Waals surface area contributed by atoms with Crippen LogP contribution in [0.5, 0.6) is 0 Å². The highest BCUT2D eigenvalue weighted by Gasteiger charge is 2.52. The molecule has 0 aliphatic heterocycles. The van der Waals surface area contributed by atoms with Crippen LogP contribution in [-0.2, 0) is 18.0 Å². The summed E-state index contributed by atoms with van der Waals surface area (Å²) >= 11 is 0. The molecule has 0 aromatic carbocycles. The summed E-state index contributed by atoms with van der Waals surface area (Å²) in [5.74, 6) is 1.27. The Kier molecular flexibility index (Phi) is 7.83. The molecule has 2 rings (SSSR count). The summed E-state index contributed by atoms with van der Waals surface area (Å²) < 4.78 is 30.6. The lowest BCUT2D eigenvalue weighted by molar-refractivity contribution is -0.0466. The van der Waals surface area contributed by atoms with Gasteiger partial charge in [-0.15, -0.1) is 0 Å². The summed E-state index contributed by atoms with van der Waals surface area (Å²) in [5.41, 5.74) is 3.03. The largest absolute Gasteiger partial charge is 0.481 e. The zero-order valence-electron chi connectivity index (χ0n) is 18.1. The van der Waals surface area contributed by atoms with Crippen LogP contribution in [0.15, 0.2) is 23.3 Å². The highest BCUT2D eigenvalue weighted by atomic mass is 31.3. The Bertz CT molecular complexity index is 756. The second kappa shape index (κ2) is 9.08. The fraction of sp³-hybridized carbons (Fsp3) is 0.800. The SMILES string of the molecule is CC1=CCC[C@@H]2[C@@](C)(CC/C(C)=C/COP(=O)(O)OP(=O)(O)O)[C@H](C)CC[C@@]12C. The molecule has 0 radical (unpaired) electrons. The van der Waals surface area contributed by atoms with E-state index in [0.717, 1.165) is 24.8 Å². The van der Waals surface area contributed by atoms with Crippen molar-refractivity contribution in [1.82, 2.24) is 0 Å². The molecule has 3 N–H and O–H groups in total. The molecule has 0 bridgehead atoms. The van der Waals surface area contributed by atoms with Gasteiger partial charge in [-0.05, 0) is 75.0 Å². The fourth-order valence-corrected chi connectivity index (χ4v) is 6.86. The molecule has 9 heteroatoms. The summed E-state index contributed by atoms with van der Waals surface area (Å²) in [7, 11) is -9.88. The maximum Gasteiger partial charge on any atom is 0.481 e. The fourth-order valence-electron chi connectivity index (χ4n) is 5.33. The molecule has 2 aliphatic carbocycles. The molecular formula is C20H36O7P2. The first-order valence-corrected chi connectivity index (χ1v) is 13.3. The summed E-state index contributed by atoms with van der Waals surface area (Å²) in [6, 6.07) is 0. The predicted octanol–water partition coefficient (Wildman–Crippen LogP) is 5.74. The van der Waals surface area contributed by atoms with Crippen LogP contribution in [0, 0.1) is 22.7 Å². The van der Waals surface area contributed by atoms with E-state index >= 15 is 0 Å². The van der Waals surface area contributed by atoms with Gasteiger partial charge in [-0.25, -0.2) is 9.13 Å². The minimum absolute atomic E-state index is 0.217. The molecule has 0 amide bonds. The van der Waals surface area contributed by atoms with Gasteiger partial charge in [-0.1, -0.05) is 44.1 Å². The lowest BCUT2D eigenvalue weighted by Gasteiger charge is -2.58. The molecule has 1 fully saturated rings. The van der Waals surface area contributed by atoms with Gasteiger partial charge >= 0.3 is 15.6 Å². The van der Waals surface area contributed by atoms with Gasteiger partial charge in [-0.3, -0.25) is 4.52 Å². The van der Waals surface area contributed by atoms with Crippen LogP contribution in [-0.4, -0.2) is 21.3 Å². The zero-order valence-corrected chi connectivity index (χ0v) is 19.9. The third kappa shape index (κ3) is 6.13. The van der Waals surface area contributed by atoms with Gasteiger partial charge in [0.1, 0.15) is 0 Å². The Morgan fingerprint density at radius 3 is 2.55 bits per heavy atom. The molecule has 1 saturated carbocycles. The maximum absolute atomic E-state index is 11.5. The predicted molar refractivity (Wildman–Crippen MR) is 113 cm³/mol. The van der Waals surface area contributed by atoms with Gasteiger partial charge in [0.2, 0.25) is 0 Å². The average molecular weight is 450 g/mol. The lowest BCUT2D eigenvalue weighted by Crippen LogP contribution is -2.49. The first kappa shape index (κ1) is 25.0. The Morgan fingerprint density at radius 1 is 1.28 bits per heavy atom. The first-order valence-electron chi connectivity index (χ1n) is 10.3. The molecule has 5 atom stereocenters. The molecule has 0 saturated heterocycles. The molecule has 0 aromatic rings. The Labute approximate surface area is 174 Å². The van der Waals surface area contributed by atoms with Crippen LogP contribution in [0.1, 0.15) is 73.1 Å². The smallest absolute Gasteiger partial charge is 0.302 e. The van der Waals surface area contributed by atoms with Crippen LogP contribution in [0.4, 0.5) is 0 Å². The summed E-state index contributed by atoms with van der Waals surface area (Å²) in [4.78, 5) is 26.6. The van der Waals surface area contributed by atoms with E-state index in [-0.39, 0.29) is 17.4 Å². The zero-order chi connectivity index (χ0) is 22.1. The van der Waals surface area contributed by atoms with E-state index in [1.165, 1.54) is 24.8 Å². The van der Waals surface area contributed by atoms with Crippen molar-refractivity contribution in [3.8, 4) is 0 Å². The second-order valence-electron chi connectivity index (χ2n) is 9.27. The number of rotatable bonds is 8. The van der Waals surface area contributed by atoms with Gasteiger partial charge < -0.3 is 14.7 Å². The second-order valence-corrected chi connectivity index (χ2v) is 12.1. The molecule has 2 aliphatic rings. The van der Waals surface area contributed by atoms with Gasteiger partial charge in [0.15, 0.2) is 0 Å². The maximum atomic E-state index is 11.5. The van der Waals surface area contributed by atoms with Crippen LogP contribution in [0.25, 0.3) is 0 Å². The quantitative estimate of drug-likeness (QED) is 0.319. The summed E-state index contributed by atoms with van der Waals surface area (Å²) in [6.07, 6.45) is 10.8. The molecule has 29 heavy (non-hydrogen) atoms. The molecule has 0 aromatic heterocycles. The van der Waals surface area contributed by atoms with Gasteiger partial charge in [0.25, 0.3) is 0 Å². The molecular weight excluding hydrogens is 414 g/mol. The highest BCUT2D eigenvalue weighted by molar-refractivity contribution is 7.60. The van der Waals surface area contributed by atoms with Crippen LogP contribution >= 0.6 is 15.6 Å². The van der Waals surface area contributed by atoms with E-state index in [0.29, 0.717) is 11.8 Å². The summed E-state index contributed by atoms with van der Waals surface area (Å²) in [6.45, 7) is 11.2. The third-order valence-corrected chi connectivity index (χ3v) is 9.68. The standard InChI is InChI=1S/C20H36O7P2/c1-15(11-14-26-29(24,25)27-28(21,22)23)9-12-19(4)17(3)10-13-20(5)16(2)7-6-8-18(19)20/h7,11,17-18H,6,8-10,12-14H2,1-5H3,(H,24,25)(H2,21,22,23)/b15-11+/t17-,18-,19+,20+/m1/s1. The van der Waals surface area contributed by atoms with E-state index in [1.54, 1.807) is 6.08 Å². The van der Waals surface area contributed by atoms with Crippen molar-refractivity contribution in [3.05, 3.63) is 23.3 Å². The third-order valence-electron chi connectivity index (χ3n) is 7.53. The van der Waals surface area contributed by atoms with Crippen molar-refractivity contribution in [2.45, 2.75) is 73.1 Å². The van der Waals surface area contributed by atoms with Gasteiger partial charge in [0, 0.05) is 0 Å². The van der Waals surface area contributed by atoms with Gasteiger partial charge in [0.05, 0.1) is 6.61 Å². The number of allylic oxidation sites excluding steroid dienone is 3. The Morgan fingerprint density at radius 2 is 1.93 bits per heavy atom. The number of phosphoric ester groups is 1. The van der Waals surface area contributed by atoms with E-state index in [2.05, 4.69) is 42.6 Å². The number of hydrogen-bond acceptors (Lipinski definition) is 4. The van der Waals surface area contributed by atoms with Crippen molar-refractivity contribution in [1.29, 1.82) is 0 Å². The van der Waals surface area contributed by atoms with E-state index in [1.807, 2.05) is 6.92 Å². The normalized spacial score (nSPS) is 35.6. The van der Waals surface area contributed by atoms with Crippen LogP contribution in [0.3, 0.4) is 0 Å². The van der Waals surface area contributed by atoms with E-state index < -0.39 is 15.6 Å². The number of phosphoric acid groups is 2. The van der Waals surface area contributed by atoms with Crippen LogP contribution < -0.4 is 0 Å². The monoisotopic (exact) mass is 450 g/mol.